The lowest BCUT2D eigenvalue weighted by atomic mass is 10.2. The molecule has 0 atom stereocenters. The molecule has 0 aliphatic heterocycles. The second-order valence-electron chi connectivity index (χ2n) is 6.18. The molecule has 0 saturated carbocycles. The van der Waals surface area contributed by atoms with Crippen molar-refractivity contribution in [2.24, 2.45) is 0 Å². The quantitative estimate of drug-likeness (QED) is 0.340. The SMILES string of the molecule is CC(C)(C)OC(=O)Oc1ccc(COC(=O)c2ccc([N+](=O)[O-])o2)cc1. The van der Waals surface area contributed by atoms with Gasteiger partial charge in [0.05, 0.1) is 6.07 Å². The minimum absolute atomic E-state index is 0.0833. The highest BCUT2D eigenvalue weighted by atomic mass is 16.7. The number of hydrogen-bond acceptors (Lipinski definition) is 8. The molecule has 2 rings (SSSR count). The second-order valence-corrected chi connectivity index (χ2v) is 6.18. The van der Waals surface area contributed by atoms with E-state index in [2.05, 4.69) is 0 Å². The summed E-state index contributed by atoms with van der Waals surface area (Å²) >= 11 is 0. The maximum absolute atomic E-state index is 11.8. The molecule has 2 aromatic rings. The van der Waals surface area contributed by atoms with E-state index in [4.69, 9.17) is 18.6 Å². The lowest BCUT2D eigenvalue weighted by molar-refractivity contribution is -0.402. The van der Waals surface area contributed by atoms with E-state index in [9.17, 15) is 19.7 Å². The third-order valence-corrected chi connectivity index (χ3v) is 2.86. The molecule has 0 spiro atoms. The first-order valence-electron chi connectivity index (χ1n) is 7.55. The van der Waals surface area contributed by atoms with Crippen molar-refractivity contribution in [1.29, 1.82) is 0 Å². The van der Waals surface area contributed by atoms with E-state index in [1.165, 1.54) is 12.1 Å². The van der Waals surface area contributed by atoms with Gasteiger partial charge in [0.15, 0.2) is 0 Å². The summed E-state index contributed by atoms with van der Waals surface area (Å²) < 4.78 is 19.8. The molecule has 0 fully saturated rings. The Kier molecular flexibility index (Phi) is 5.61. The molecule has 9 heteroatoms. The number of esters is 1. The van der Waals surface area contributed by atoms with Crippen LogP contribution in [0.25, 0.3) is 0 Å². The van der Waals surface area contributed by atoms with Gasteiger partial charge in [-0.1, -0.05) is 12.1 Å². The highest BCUT2D eigenvalue weighted by molar-refractivity contribution is 5.86. The van der Waals surface area contributed by atoms with Crippen molar-refractivity contribution in [3.8, 4) is 5.75 Å². The van der Waals surface area contributed by atoms with Crippen LogP contribution in [0.2, 0.25) is 0 Å². The fraction of sp³-hybridized carbons (Fsp3) is 0.294. The maximum atomic E-state index is 11.8. The lowest BCUT2D eigenvalue weighted by Crippen LogP contribution is -2.25. The number of carbonyl (C=O) groups is 2. The van der Waals surface area contributed by atoms with E-state index in [0.29, 0.717) is 5.56 Å². The van der Waals surface area contributed by atoms with Crippen LogP contribution >= 0.6 is 0 Å². The molecule has 26 heavy (non-hydrogen) atoms. The maximum Gasteiger partial charge on any atom is 0.514 e. The lowest BCUT2D eigenvalue weighted by Gasteiger charge is -2.18. The smallest absolute Gasteiger partial charge is 0.455 e. The van der Waals surface area contributed by atoms with E-state index in [0.717, 1.165) is 12.1 Å². The average Bonchev–Trinajstić information content (AvgIpc) is 3.02. The molecule has 138 valence electrons. The molecule has 1 aromatic heterocycles. The molecule has 0 N–H and O–H groups in total. The highest BCUT2D eigenvalue weighted by Crippen LogP contribution is 2.18. The number of carbonyl (C=O) groups excluding carboxylic acids is 2. The predicted octanol–water partition coefficient (Wildman–Crippen LogP) is 3.86. The van der Waals surface area contributed by atoms with Crippen molar-refractivity contribution in [2.45, 2.75) is 33.0 Å². The molecule has 0 amide bonds. The Labute approximate surface area is 148 Å². The van der Waals surface area contributed by atoms with Gasteiger partial charge in [-0.15, -0.1) is 0 Å². The van der Waals surface area contributed by atoms with Crippen LogP contribution in [0.1, 0.15) is 36.9 Å². The van der Waals surface area contributed by atoms with E-state index >= 15 is 0 Å². The van der Waals surface area contributed by atoms with E-state index in [-0.39, 0.29) is 18.1 Å². The summed E-state index contributed by atoms with van der Waals surface area (Å²) in [7, 11) is 0. The number of ether oxygens (including phenoxy) is 3. The average molecular weight is 363 g/mol. The second kappa shape index (κ2) is 7.68. The van der Waals surface area contributed by atoms with Crippen molar-refractivity contribution < 1.29 is 33.1 Å². The number of nitro groups is 1. The minimum atomic E-state index is -0.827. The molecular weight excluding hydrogens is 346 g/mol. The number of rotatable bonds is 5. The molecule has 0 saturated heterocycles. The standard InChI is InChI=1S/C17H17NO8/c1-17(2,3)26-16(20)24-12-6-4-11(5-7-12)10-23-15(19)13-8-9-14(25-13)18(21)22/h4-9H,10H2,1-3H3. The van der Waals surface area contributed by atoms with E-state index in [1.54, 1.807) is 32.9 Å². The Morgan fingerprint density at radius 1 is 1.12 bits per heavy atom. The summed E-state index contributed by atoms with van der Waals surface area (Å²) in [5.74, 6) is -1.36. The molecule has 0 aliphatic rings. The zero-order valence-corrected chi connectivity index (χ0v) is 14.4. The Hall–Kier alpha value is -3.36. The van der Waals surface area contributed by atoms with Crippen LogP contribution in [-0.2, 0) is 16.1 Å². The Morgan fingerprint density at radius 2 is 1.77 bits per heavy atom. The molecule has 0 bridgehead atoms. The van der Waals surface area contributed by atoms with Crippen LogP contribution in [-0.4, -0.2) is 22.6 Å². The van der Waals surface area contributed by atoms with Gasteiger partial charge in [0.25, 0.3) is 0 Å². The molecule has 0 radical (unpaired) electrons. The van der Waals surface area contributed by atoms with Crippen molar-refractivity contribution in [1.82, 2.24) is 0 Å². The highest BCUT2D eigenvalue weighted by Gasteiger charge is 2.19. The monoisotopic (exact) mass is 363 g/mol. The van der Waals surface area contributed by atoms with Crippen molar-refractivity contribution >= 4 is 18.0 Å². The zero-order chi connectivity index (χ0) is 19.3. The van der Waals surface area contributed by atoms with Gasteiger partial charge >= 0.3 is 18.0 Å². The van der Waals surface area contributed by atoms with Gasteiger partial charge in [0.2, 0.25) is 5.76 Å². The number of benzene rings is 1. The first-order chi connectivity index (χ1) is 12.1. The topological polar surface area (TPSA) is 118 Å². The predicted molar refractivity (Wildman–Crippen MR) is 87.8 cm³/mol. The van der Waals surface area contributed by atoms with Crippen LogP contribution in [0.5, 0.6) is 5.75 Å². The van der Waals surface area contributed by atoms with Crippen molar-refractivity contribution in [3.63, 3.8) is 0 Å². The summed E-state index contributed by atoms with van der Waals surface area (Å²) in [6, 6.07) is 8.46. The molecule has 1 aromatic carbocycles. The number of nitrogens with zero attached hydrogens (tertiary/aromatic N) is 1. The van der Waals surface area contributed by atoms with E-state index in [1.807, 2.05) is 0 Å². The fourth-order valence-electron chi connectivity index (χ4n) is 1.78. The summed E-state index contributed by atoms with van der Waals surface area (Å²) in [6.07, 6.45) is -0.823. The summed E-state index contributed by atoms with van der Waals surface area (Å²) in [5.41, 5.74) is -0.0393. The van der Waals surface area contributed by atoms with Gasteiger partial charge in [-0.05, 0) is 44.5 Å². The van der Waals surface area contributed by atoms with Gasteiger partial charge in [0.1, 0.15) is 22.9 Å². The van der Waals surface area contributed by atoms with Crippen LogP contribution in [0.3, 0.4) is 0 Å². The summed E-state index contributed by atoms with van der Waals surface area (Å²) in [6.45, 7) is 5.08. The van der Waals surface area contributed by atoms with Crippen molar-refractivity contribution in [2.75, 3.05) is 0 Å². The molecule has 9 nitrogen and oxygen atoms in total. The van der Waals surface area contributed by atoms with Gasteiger partial charge in [0, 0.05) is 0 Å². The van der Waals surface area contributed by atoms with Crippen LogP contribution in [0.4, 0.5) is 10.7 Å². The van der Waals surface area contributed by atoms with E-state index < -0.39 is 28.5 Å². The summed E-state index contributed by atoms with van der Waals surface area (Å²) in [4.78, 5) is 33.1. The number of hydrogen-bond donors (Lipinski definition) is 0. The summed E-state index contributed by atoms with van der Waals surface area (Å²) in [5, 5.41) is 10.5. The number of furan rings is 1. The van der Waals surface area contributed by atoms with Crippen LogP contribution < -0.4 is 4.74 Å². The third kappa shape index (κ3) is 5.62. The normalized spacial score (nSPS) is 10.9. The first-order valence-corrected chi connectivity index (χ1v) is 7.55. The van der Waals surface area contributed by atoms with Crippen molar-refractivity contribution in [3.05, 3.63) is 57.8 Å². The minimum Gasteiger partial charge on any atom is -0.455 e. The van der Waals surface area contributed by atoms with Crippen LogP contribution in [0, 0.1) is 10.1 Å². The third-order valence-electron chi connectivity index (χ3n) is 2.86. The fourth-order valence-corrected chi connectivity index (χ4v) is 1.78. The van der Waals surface area contributed by atoms with Gasteiger partial charge in [-0.3, -0.25) is 10.1 Å². The Balaban J connectivity index is 1.87. The molecule has 1 heterocycles. The Bertz CT molecular complexity index is 801. The van der Waals surface area contributed by atoms with Gasteiger partial charge in [-0.2, -0.15) is 0 Å². The zero-order valence-electron chi connectivity index (χ0n) is 14.4. The Morgan fingerprint density at radius 3 is 2.31 bits per heavy atom. The van der Waals surface area contributed by atoms with Gasteiger partial charge < -0.3 is 18.6 Å². The largest absolute Gasteiger partial charge is 0.514 e. The molecule has 0 unspecified atom stereocenters. The molecular formula is C17H17NO8. The first kappa shape index (κ1) is 19.0. The van der Waals surface area contributed by atoms with Gasteiger partial charge in [-0.25, -0.2) is 9.59 Å². The van der Waals surface area contributed by atoms with Crippen LogP contribution in [0.15, 0.2) is 40.8 Å². The molecule has 0 aliphatic carbocycles.